The van der Waals surface area contributed by atoms with Gasteiger partial charge < -0.3 is 9.84 Å². The Morgan fingerprint density at radius 2 is 1.67 bits per heavy atom. The lowest BCUT2D eigenvalue weighted by molar-refractivity contribution is -0.117. The van der Waals surface area contributed by atoms with E-state index in [1.807, 2.05) is 67.6 Å². The fraction of sp³-hybridized carbons (Fsp3) is 0.129. The molecule has 1 amide bonds. The van der Waals surface area contributed by atoms with Crippen LogP contribution in [0.3, 0.4) is 0 Å². The van der Waals surface area contributed by atoms with Crippen molar-refractivity contribution in [2.24, 2.45) is 0 Å². The van der Waals surface area contributed by atoms with Gasteiger partial charge >= 0.3 is 0 Å². The van der Waals surface area contributed by atoms with Crippen molar-refractivity contribution in [3.8, 4) is 11.5 Å². The molecule has 0 spiro atoms. The second-order valence-electron chi connectivity index (χ2n) is 9.43. The van der Waals surface area contributed by atoms with Gasteiger partial charge in [-0.2, -0.15) is 0 Å². The number of ketones is 1. The molecule has 0 saturated carbocycles. The molecule has 5 aromatic rings. The first-order chi connectivity index (χ1) is 20.4. The minimum absolute atomic E-state index is 0.0303. The summed E-state index contributed by atoms with van der Waals surface area (Å²) in [6.07, 6.45) is 0. The predicted molar refractivity (Wildman–Crippen MR) is 165 cm³/mol. The van der Waals surface area contributed by atoms with Crippen LogP contribution in [-0.4, -0.2) is 32.0 Å². The second kappa shape index (κ2) is 11.9. The standard InChI is InChI=1S/C31H24N4O4S3/c1-18-28(41-19(2)32-18)26(36)24-25(21-12-9-15-23(16-21)39-22-13-7-4-8-14-22)35(29(38)27(24)37)30-33-34-31(42-30)40-17-20-10-5-3-6-11-20/h3-16,25,37H,17H2,1-2H3. The Labute approximate surface area is 254 Å². The van der Waals surface area contributed by atoms with Crippen LogP contribution in [0, 0.1) is 13.8 Å². The third-order valence-electron chi connectivity index (χ3n) is 6.52. The number of para-hydroxylation sites is 1. The van der Waals surface area contributed by atoms with Gasteiger partial charge in [-0.25, -0.2) is 4.98 Å². The highest BCUT2D eigenvalue weighted by molar-refractivity contribution is 8.00. The Balaban J connectivity index is 1.38. The number of hydrogen-bond donors (Lipinski definition) is 1. The van der Waals surface area contributed by atoms with E-state index in [0.717, 1.165) is 10.6 Å². The van der Waals surface area contributed by atoms with E-state index in [2.05, 4.69) is 15.2 Å². The number of Topliss-reactive ketones (excluding diaryl/α,β-unsaturated/α-hetero) is 1. The number of aliphatic hydroxyl groups excluding tert-OH is 1. The fourth-order valence-electron chi connectivity index (χ4n) is 4.66. The van der Waals surface area contributed by atoms with Gasteiger partial charge in [-0.3, -0.25) is 14.5 Å². The number of ether oxygens (including phenoxy) is 1. The quantitative estimate of drug-likeness (QED) is 0.104. The molecule has 11 heteroatoms. The third-order valence-corrected chi connectivity index (χ3v) is 9.72. The Morgan fingerprint density at radius 1 is 0.952 bits per heavy atom. The number of hydrogen-bond acceptors (Lipinski definition) is 10. The summed E-state index contributed by atoms with van der Waals surface area (Å²) in [5.41, 5.74) is 2.23. The zero-order valence-corrected chi connectivity index (χ0v) is 25.0. The molecule has 0 bridgehead atoms. The van der Waals surface area contributed by atoms with Crippen LogP contribution in [0.1, 0.15) is 37.5 Å². The van der Waals surface area contributed by atoms with E-state index in [1.54, 1.807) is 31.2 Å². The monoisotopic (exact) mass is 612 g/mol. The highest BCUT2D eigenvalue weighted by Crippen LogP contribution is 2.45. The highest BCUT2D eigenvalue weighted by Gasteiger charge is 2.46. The average Bonchev–Trinajstić information content (AvgIpc) is 3.68. The largest absolute Gasteiger partial charge is 0.503 e. The summed E-state index contributed by atoms with van der Waals surface area (Å²) >= 11 is 3.97. The van der Waals surface area contributed by atoms with E-state index < -0.39 is 23.5 Å². The van der Waals surface area contributed by atoms with Crippen LogP contribution in [0.2, 0.25) is 0 Å². The SMILES string of the molecule is Cc1nc(C)c(C(=O)C2=C(O)C(=O)N(c3nnc(SCc4ccccc4)s3)C2c2cccc(Oc3ccccc3)c2)s1. The van der Waals surface area contributed by atoms with E-state index in [4.69, 9.17) is 4.74 Å². The van der Waals surface area contributed by atoms with E-state index in [0.29, 0.717) is 37.7 Å². The van der Waals surface area contributed by atoms with Crippen molar-refractivity contribution in [3.05, 3.63) is 123 Å². The maximum atomic E-state index is 13.9. The van der Waals surface area contributed by atoms with Crippen LogP contribution < -0.4 is 9.64 Å². The molecule has 0 radical (unpaired) electrons. The number of thiazole rings is 1. The number of aromatic nitrogens is 3. The van der Waals surface area contributed by atoms with E-state index in [-0.39, 0.29) is 10.7 Å². The number of amides is 1. The Hall–Kier alpha value is -4.32. The molecule has 3 heterocycles. The molecule has 6 rings (SSSR count). The van der Waals surface area contributed by atoms with E-state index >= 15 is 0 Å². The van der Waals surface area contributed by atoms with Crippen LogP contribution in [0.15, 0.2) is 101 Å². The van der Waals surface area contributed by atoms with Crippen LogP contribution in [0.25, 0.3) is 0 Å². The van der Waals surface area contributed by atoms with Crippen molar-refractivity contribution in [3.63, 3.8) is 0 Å². The molecule has 1 N–H and O–H groups in total. The molecule has 42 heavy (non-hydrogen) atoms. The smallest absolute Gasteiger partial charge is 0.296 e. The molecule has 1 atom stereocenters. The summed E-state index contributed by atoms with van der Waals surface area (Å²) in [4.78, 5) is 33.7. The van der Waals surface area contributed by atoms with Crippen LogP contribution in [0.4, 0.5) is 5.13 Å². The number of carbonyl (C=O) groups excluding carboxylic acids is 2. The molecular weight excluding hydrogens is 589 g/mol. The number of aliphatic hydroxyl groups is 1. The van der Waals surface area contributed by atoms with Crippen molar-refractivity contribution in [1.29, 1.82) is 0 Å². The summed E-state index contributed by atoms with van der Waals surface area (Å²) in [5.74, 6) is 0.0669. The second-order valence-corrected chi connectivity index (χ2v) is 12.8. The molecule has 210 valence electrons. The molecule has 0 saturated heterocycles. The van der Waals surface area contributed by atoms with E-state index in [1.165, 1.54) is 39.3 Å². The molecule has 1 unspecified atom stereocenters. The van der Waals surface area contributed by atoms with E-state index in [9.17, 15) is 14.7 Å². The molecular formula is C31H24N4O4S3. The van der Waals surface area contributed by atoms with Crippen molar-refractivity contribution >= 4 is 51.3 Å². The maximum absolute atomic E-state index is 13.9. The van der Waals surface area contributed by atoms with Gasteiger partial charge in [-0.15, -0.1) is 21.5 Å². The number of rotatable bonds is 9. The Kier molecular flexibility index (Phi) is 7.88. The number of anilines is 1. The molecule has 2 aromatic heterocycles. The Bertz CT molecular complexity index is 1800. The fourth-order valence-corrected chi connectivity index (χ4v) is 7.36. The van der Waals surface area contributed by atoms with Gasteiger partial charge in [0.25, 0.3) is 5.91 Å². The van der Waals surface area contributed by atoms with Gasteiger partial charge in [0, 0.05) is 5.75 Å². The molecule has 1 aliphatic rings. The number of carbonyl (C=O) groups is 2. The number of nitrogens with zero attached hydrogens (tertiary/aromatic N) is 4. The highest BCUT2D eigenvalue weighted by atomic mass is 32.2. The van der Waals surface area contributed by atoms with Crippen LogP contribution in [-0.2, 0) is 10.5 Å². The minimum atomic E-state index is -0.953. The first-order valence-electron chi connectivity index (χ1n) is 13.0. The summed E-state index contributed by atoms with van der Waals surface area (Å²) < 4.78 is 6.71. The lowest BCUT2D eigenvalue weighted by atomic mass is 9.95. The normalized spacial score (nSPS) is 15.0. The van der Waals surface area contributed by atoms with Crippen LogP contribution in [0.5, 0.6) is 11.5 Å². The molecule has 0 aliphatic carbocycles. The van der Waals surface area contributed by atoms with Gasteiger partial charge in [0.05, 0.1) is 27.2 Å². The number of aryl methyl sites for hydroxylation is 2. The molecule has 0 fully saturated rings. The van der Waals surface area contributed by atoms with Gasteiger partial charge in [-0.1, -0.05) is 83.8 Å². The van der Waals surface area contributed by atoms with Gasteiger partial charge in [0.2, 0.25) is 10.9 Å². The lowest BCUT2D eigenvalue weighted by Gasteiger charge is -2.24. The topological polar surface area (TPSA) is 106 Å². The maximum Gasteiger partial charge on any atom is 0.296 e. The summed E-state index contributed by atoms with van der Waals surface area (Å²) in [6.45, 7) is 3.56. The zero-order chi connectivity index (χ0) is 29.2. The van der Waals surface area contributed by atoms with Crippen molar-refractivity contribution < 1.29 is 19.4 Å². The van der Waals surface area contributed by atoms with Gasteiger partial charge in [0.1, 0.15) is 11.5 Å². The lowest BCUT2D eigenvalue weighted by Crippen LogP contribution is -2.31. The van der Waals surface area contributed by atoms with Crippen molar-refractivity contribution in [2.45, 2.75) is 30.0 Å². The first-order valence-corrected chi connectivity index (χ1v) is 15.6. The van der Waals surface area contributed by atoms with Crippen LogP contribution >= 0.6 is 34.4 Å². The Morgan fingerprint density at radius 3 is 2.38 bits per heavy atom. The minimum Gasteiger partial charge on any atom is -0.503 e. The zero-order valence-electron chi connectivity index (χ0n) is 22.6. The summed E-state index contributed by atoms with van der Waals surface area (Å²) in [7, 11) is 0. The van der Waals surface area contributed by atoms with Gasteiger partial charge in [0.15, 0.2) is 10.1 Å². The summed E-state index contributed by atoms with van der Waals surface area (Å²) in [5, 5.41) is 20.8. The van der Waals surface area contributed by atoms with Crippen molar-refractivity contribution in [2.75, 3.05) is 4.90 Å². The molecule has 8 nitrogen and oxygen atoms in total. The van der Waals surface area contributed by atoms with Crippen molar-refractivity contribution in [1.82, 2.24) is 15.2 Å². The third kappa shape index (κ3) is 5.58. The number of benzene rings is 3. The summed E-state index contributed by atoms with van der Waals surface area (Å²) in [6, 6.07) is 25.5. The molecule has 1 aliphatic heterocycles. The van der Waals surface area contributed by atoms with Gasteiger partial charge in [-0.05, 0) is 49.2 Å². The predicted octanol–water partition coefficient (Wildman–Crippen LogP) is 7.48. The number of thioether (sulfide) groups is 1. The first kappa shape index (κ1) is 27.8. The average molecular weight is 613 g/mol. The molecule has 3 aromatic carbocycles.